The molecule has 2 aromatic carbocycles. The maximum absolute atomic E-state index is 13.7. The lowest BCUT2D eigenvalue weighted by Gasteiger charge is -2.19. The van der Waals surface area contributed by atoms with Gasteiger partial charge in [-0.25, -0.2) is 4.39 Å². The number of carbonyl (C=O) groups is 2. The summed E-state index contributed by atoms with van der Waals surface area (Å²) in [6.45, 7) is 1.58. The Morgan fingerprint density at radius 1 is 1.31 bits per heavy atom. The molecule has 0 fully saturated rings. The second-order valence-corrected chi connectivity index (χ2v) is 6.47. The second kappa shape index (κ2) is 6.17. The average molecular weight is 377 g/mol. The van der Waals surface area contributed by atoms with Gasteiger partial charge in [0.05, 0.1) is 12.2 Å². The van der Waals surface area contributed by atoms with E-state index in [9.17, 15) is 14.0 Å². The van der Waals surface area contributed by atoms with Crippen molar-refractivity contribution in [2.75, 3.05) is 11.7 Å². The van der Waals surface area contributed by atoms with Crippen LogP contribution >= 0.6 is 11.6 Å². The molecule has 2 aliphatic rings. The molecule has 0 aromatic heterocycles. The number of hydrogen-bond acceptors (Lipinski definition) is 4. The lowest BCUT2D eigenvalue weighted by molar-refractivity contribution is -0.126. The molecule has 2 heterocycles. The topological polar surface area (TPSA) is 67.9 Å². The van der Waals surface area contributed by atoms with Crippen molar-refractivity contribution in [1.82, 2.24) is 5.32 Å². The Kier molecular flexibility index (Phi) is 3.96. The summed E-state index contributed by atoms with van der Waals surface area (Å²) in [5.74, 6) is -0.107. The third-order valence-corrected chi connectivity index (χ3v) is 4.67. The van der Waals surface area contributed by atoms with Gasteiger partial charge >= 0.3 is 0 Å². The molecule has 2 amide bonds. The molecule has 0 radical (unpaired) electrons. The molecular formula is C18H14ClFN2O4. The molecule has 2 aromatic rings. The van der Waals surface area contributed by atoms with E-state index in [2.05, 4.69) is 5.32 Å². The van der Waals surface area contributed by atoms with Crippen molar-refractivity contribution >= 4 is 29.1 Å². The number of ether oxygens (including phenoxy) is 2. The fourth-order valence-electron chi connectivity index (χ4n) is 3.17. The van der Waals surface area contributed by atoms with Gasteiger partial charge in [-0.05, 0) is 29.8 Å². The van der Waals surface area contributed by atoms with Crippen LogP contribution < -0.4 is 19.7 Å². The predicted octanol–water partition coefficient (Wildman–Crippen LogP) is 2.93. The molecule has 4 rings (SSSR count). The normalized spacial score (nSPS) is 17.4. The standard InChI is InChI=1S/C18H14ClFN2O4/c1-9(23)21-17-12-5-11(20)2-3-14(12)22(18(17)24)7-10-4-15-16(6-13(10)19)26-8-25-15/h2-6,17H,7-8H2,1H3,(H,21,23)/t17-/m1/s1. The number of nitrogens with zero attached hydrogens (tertiary/aromatic N) is 1. The first-order chi connectivity index (χ1) is 12.4. The van der Waals surface area contributed by atoms with Crippen molar-refractivity contribution in [3.05, 3.63) is 52.3 Å². The van der Waals surface area contributed by atoms with Gasteiger partial charge in [0, 0.05) is 23.6 Å². The zero-order valence-electron chi connectivity index (χ0n) is 13.7. The van der Waals surface area contributed by atoms with E-state index in [1.165, 1.54) is 30.0 Å². The Bertz CT molecular complexity index is 934. The molecule has 6 nitrogen and oxygen atoms in total. The first-order valence-electron chi connectivity index (χ1n) is 7.90. The molecule has 1 atom stereocenters. The minimum Gasteiger partial charge on any atom is -0.454 e. The summed E-state index contributed by atoms with van der Waals surface area (Å²) < 4.78 is 24.3. The van der Waals surface area contributed by atoms with Gasteiger partial charge in [0.25, 0.3) is 5.91 Å². The van der Waals surface area contributed by atoms with Crippen molar-refractivity contribution in [2.24, 2.45) is 0 Å². The largest absolute Gasteiger partial charge is 0.454 e. The summed E-state index contributed by atoms with van der Waals surface area (Å²) in [7, 11) is 0. The zero-order valence-corrected chi connectivity index (χ0v) is 14.5. The van der Waals surface area contributed by atoms with E-state index in [1.807, 2.05) is 0 Å². The van der Waals surface area contributed by atoms with Crippen LogP contribution in [0.15, 0.2) is 30.3 Å². The van der Waals surface area contributed by atoms with E-state index in [4.69, 9.17) is 21.1 Å². The summed E-state index contributed by atoms with van der Waals surface area (Å²) >= 11 is 6.30. The van der Waals surface area contributed by atoms with E-state index in [1.54, 1.807) is 12.1 Å². The number of benzene rings is 2. The van der Waals surface area contributed by atoms with Gasteiger partial charge in [0.2, 0.25) is 12.7 Å². The van der Waals surface area contributed by atoms with E-state index in [0.717, 1.165) is 0 Å². The Morgan fingerprint density at radius 3 is 2.77 bits per heavy atom. The van der Waals surface area contributed by atoms with Crippen LogP contribution in [0.5, 0.6) is 11.5 Å². The molecule has 0 saturated heterocycles. The van der Waals surface area contributed by atoms with Crippen LogP contribution in [0, 0.1) is 5.82 Å². The van der Waals surface area contributed by atoms with E-state index < -0.39 is 11.9 Å². The highest BCUT2D eigenvalue weighted by Crippen LogP contribution is 2.41. The minimum atomic E-state index is -0.925. The van der Waals surface area contributed by atoms with Crippen LogP contribution in [-0.4, -0.2) is 18.6 Å². The molecule has 8 heteroatoms. The highest BCUT2D eigenvalue weighted by atomic mass is 35.5. The van der Waals surface area contributed by atoms with Gasteiger partial charge in [0.15, 0.2) is 11.5 Å². The number of rotatable bonds is 3. The predicted molar refractivity (Wildman–Crippen MR) is 91.7 cm³/mol. The first-order valence-corrected chi connectivity index (χ1v) is 8.28. The quantitative estimate of drug-likeness (QED) is 0.894. The number of carbonyl (C=O) groups excluding carboxylic acids is 2. The van der Waals surface area contributed by atoms with Crippen LogP contribution in [-0.2, 0) is 16.1 Å². The average Bonchev–Trinajstić information content (AvgIpc) is 3.12. The molecule has 0 unspecified atom stereocenters. The maximum atomic E-state index is 13.7. The minimum absolute atomic E-state index is 0.116. The summed E-state index contributed by atoms with van der Waals surface area (Å²) in [5, 5.41) is 3.00. The molecule has 26 heavy (non-hydrogen) atoms. The Hall–Kier alpha value is -2.80. The lowest BCUT2D eigenvalue weighted by atomic mass is 10.1. The Labute approximate surface area is 153 Å². The molecule has 134 valence electrons. The number of nitrogens with one attached hydrogen (secondary N) is 1. The molecule has 0 aliphatic carbocycles. The number of amides is 2. The maximum Gasteiger partial charge on any atom is 0.254 e. The van der Waals surface area contributed by atoms with Gasteiger partial charge in [-0.2, -0.15) is 0 Å². The fourth-order valence-corrected chi connectivity index (χ4v) is 3.38. The SMILES string of the molecule is CC(=O)N[C@H]1C(=O)N(Cc2cc3c(cc2Cl)OCO3)c2ccc(F)cc21. The third kappa shape index (κ3) is 2.74. The zero-order chi connectivity index (χ0) is 18.4. The number of anilines is 1. The van der Waals surface area contributed by atoms with E-state index in [-0.39, 0.29) is 25.2 Å². The van der Waals surface area contributed by atoms with Crippen LogP contribution in [0.2, 0.25) is 5.02 Å². The van der Waals surface area contributed by atoms with Gasteiger partial charge in [0.1, 0.15) is 11.9 Å². The van der Waals surface area contributed by atoms with Crippen molar-refractivity contribution in [3.8, 4) is 11.5 Å². The van der Waals surface area contributed by atoms with Gasteiger partial charge in [-0.15, -0.1) is 0 Å². The van der Waals surface area contributed by atoms with Crippen molar-refractivity contribution in [2.45, 2.75) is 19.5 Å². The summed E-state index contributed by atoms with van der Waals surface area (Å²) in [6, 6.07) is 6.48. The number of hydrogen-bond donors (Lipinski definition) is 1. The molecule has 2 aliphatic heterocycles. The van der Waals surface area contributed by atoms with Gasteiger partial charge in [-0.1, -0.05) is 11.6 Å². The Balaban J connectivity index is 1.71. The van der Waals surface area contributed by atoms with Crippen LogP contribution in [0.4, 0.5) is 10.1 Å². The van der Waals surface area contributed by atoms with Gasteiger partial charge in [-0.3, -0.25) is 9.59 Å². The van der Waals surface area contributed by atoms with Crippen LogP contribution in [0.1, 0.15) is 24.1 Å². The molecule has 0 saturated carbocycles. The number of fused-ring (bicyclic) bond motifs is 2. The lowest BCUT2D eigenvalue weighted by Crippen LogP contribution is -2.36. The monoisotopic (exact) mass is 376 g/mol. The highest BCUT2D eigenvalue weighted by molar-refractivity contribution is 6.31. The fraction of sp³-hybridized carbons (Fsp3) is 0.222. The molecule has 0 spiro atoms. The van der Waals surface area contributed by atoms with E-state index in [0.29, 0.717) is 33.3 Å². The van der Waals surface area contributed by atoms with E-state index >= 15 is 0 Å². The molecule has 1 N–H and O–H groups in total. The first kappa shape index (κ1) is 16.7. The molecule has 0 bridgehead atoms. The van der Waals surface area contributed by atoms with Crippen molar-refractivity contribution in [1.29, 1.82) is 0 Å². The smallest absolute Gasteiger partial charge is 0.254 e. The summed E-state index contributed by atoms with van der Waals surface area (Å²) in [6.07, 6.45) is 0. The third-order valence-electron chi connectivity index (χ3n) is 4.32. The summed E-state index contributed by atoms with van der Waals surface area (Å²) in [4.78, 5) is 25.8. The van der Waals surface area contributed by atoms with Crippen LogP contribution in [0.25, 0.3) is 0 Å². The Morgan fingerprint density at radius 2 is 2.04 bits per heavy atom. The molecular weight excluding hydrogens is 363 g/mol. The number of halogens is 2. The highest BCUT2D eigenvalue weighted by Gasteiger charge is 2.38. The van der Waals surface area contributed by atoms with Gasteiger partial charge < -0.3 is 19.7 Å². The summed E-state index contributed by atoms with van der Waals surface area (Å²) in [5.41, 5.74) is 1.61. The van der Waals surface area contributed by atoms with Crippen LogP contribution in [0.3, 0.4) is 0 Å². The second-order valence-electron chi connectivity index (χ2n) is 6.06. The van der Waals surface area contributed by atoms with Crippen molar-refractivity contribution < 1.29 is 23.5 Å². The van der Waals surface area contributed by atoms with Crippen molar-refractivity contribution in [3.63, 3.8) is 0 Å².